The van der Waals surface area contributed by atoms with Gasteiger partial charge in [0.1, 0.15) is 0 Å². The van der Waals surface area contributed by atoms with Crippen LogP contribution in [0.15, 0.2) is 6.07 Å². The van der Waals surface area contributed by atoms with Gasteiger partial charge < -0.3 is 9.31 Å². The second-order valence-electron chi connectivity index (χ2n) is 2.32. The van der Waals surface area contributed by atoms with Crippen LogP contribution in [0.2, 0.25) is 0 Å². The lowest BCUT2D eigenvalue weighted by Gasteiger charge is -2.00. The number of halogens is 4. The van der Waals surface area contributed by atoms with Gasteiger partial charge in [0.15, 0.2) is 23.1 Å². The molecule has 0 aromatic heterocycles. The maximum absolute atomic E-state index is 12.8. The lowest BCUT2D eigenvalue weighted by molar-refractivity contribution is 0.400. The molecule has 1 aliphatic rings. The largest absolute Gasteiger partial charge is 0.830 e. The van der Waals surface area contributed by atoms with Gasteiger partial charge in [0, 0.05) is 6.07 Å². The molecular weight excluding hydrogens is 191 g/mol. The van der Waals surface area contributed by atoms with E-state index in [-0.39, 0.29) is 0 Å². The fraction of sp³-hybridized carbons (Fsp3) is 0. The lowest BCUT2D eigenvalue weighted by atomic mass is 10.3. The fourth-order valence-electron chi connectivity index (χ4n) is 0.971. The quantitative estimate of drug-likeness (QED) is 0.354. The molecule has 2 nitrogen and oxygen atoms in total. The smallest absolute Gasteiger partial charge is 0.494 e. The molecule has 68 valence electrons. The van der Waals surface area contributed by atoms with Crippen LogP contribution in [0.4, 0.5) is 17.5 Å². The summed E-state index contributed by atoms with van der Waals surface area (Å²) in [5, 5.41) is 0. The van der Waals surface area contributed by atoms with E-state index in [1.54, 1.807) is 0 Å². The molecule has 0 bridgehead atoms. The minimum atomic E-state index is -2.22. The molecule has 1 aromatic carbocycles. The Balaban J connectivity index is 2.60. The SMILES string of the molecule is FB1Oc2cc(F)c(F)c(F)c2O1. The van der Waals surface area contributed by atoms with E-state index in [9.17, 15) is 17.5 Å². The Morgan fingerprint density at radius 2 is 1.77 bits per heavy atom. The number of fused-ring (bicyclic) bond motifs is 1. The van der Waals surface area contributed by atoms with Gasteiger partial charge in [0.25, 0.3) is 0 Å². The van der Waals surface area contributed by atoms with Gasteiger partial charge in [-0.15, -0.1) is 0 Å². The summed E-state index contributed by atoms with van der Waals surface area (Å²) in [6, 6.07) is 0.521. The van der Waals surface area contributed by atoms with Crippen molar-refractivity contribution in [2.24, 2.45) is 0 Å². The topological polar surface area (TPSA) is 18.5 Å². The second-order valence-corrected chi connectivity index (χ2v) is 2.32. The average molecular weight is 192 g/mol. The van der Waals surface area contributed by atoms with E-state index in [0.717, 1.165) is 0 Å². The third kappa shape index (κ3) is 1.11. The van der Waals surface area contributed by atoms with Gasteiger partial charge in [0.05, 0.1) is 0 Å². The zero-order chi connectivity index (χ0) is 9.59. The molecule has 0 saturated heterocycles. The Hall–Kier alpha value is -1.40. The molecule has 0 radical (unpaired) electrons. The Labute approximate surface area is 70.3 Å². The first-order valence-corrected chi connectivity index (χ1v) is 3.24. The van der Waals surface area contributed by atoms with Crippen molar-refractivity contribution in [3.8, 4) is 11.5 Å². The van der Waals surface area contributed by atoms with Crippen LogP contribution in [-0.2, 0) is 0 Å². The van der Waals surface area contributed by atoms with Crippen molar-refractivity contribution in [3.63, 3.8) is 0 Å². The summed E-state index contributed by atoms with van der Waals surface area (Å²) in [6.45, 7) is 0. The summed E-state index contributed by atoms with van der Waals surface area (Å²) >= 11 is 0. The molecule has 0 unspecified atom stereocenters. The molecule has 1 aromatic rings. The van der Waals surface area contributed by atoms with Crippen LogP contribution < -0.4 is 9.31 Å². The maximum Gasteiger partial charge on any atom is 0.830 e. The molecule has 0 amide bonds. The molecule has 0 spiro atoms. The van der Waals surface area contributed by atoms with Crippen molar-refractivity contribution >= 4 is 7.40 Å². The Bertz CT molecular complexity index is 370. The van der Waals surface area contributed by atoms with Crippen LogP contribution in [0.5, 0.6) is 11.5 Å². The number of hydrogen-bond donors (Lipinski definition) is 0. The molecule has 1 heterocycles. The van der Waals surface area contributed by atoms with Crippen molar-refractivity contribution < 1.29 is 26.8 Å². The van der Waals surface area contributed by atoms with Crippen LogP contribution >= 0.6 is 0 Å². The first kappa shape index (κ1) is 8.21. The van der Waals surface area contributed by atoms with E-state index in [1.165, 1.54) is 0 Å². The first-order chi connectivity index (χ1) is 6.09. The van der Waals surface area contributed by atoms with Crippen LogP contribution in [-0.4, -0.2) is 7.40 Å². The van der Waals surface area contributed by atoms with Crippen molar-refractivity contribution in [3.05, 3.63) is 23.5 Å². The van der Waals surface area contributed by atoms with Crippen LogP contribution in [0.25, 0.3) is 0 Å². The molecule has 0 N–H and O–H groups in total. The van der Waals surface area contributed by atoms with Gasteiger partial charge in [0.2, 0.25) is 5.82 Å². The molecule has 0 aliphatic carbocycles. The van der Waals surface area contributed by atoms with Gasteiger partial charge in [-0.2, -0.15) is 4.39 Å². The van der Waals surface area contributed by atoms with Crippen molar-refractivity contribution in [2.75, 3.05) is 0 Å². The van der Waals surface area contributed by atoms with Crippen LogP contribution in [0.1, 0.15) is 0 Å². The van der Waals surface area contributed by atoms with Crippen molar-refractivity contribution in [1.29, 1.82) is 0 Å². The average Bonchev–Trinajstić information content (AvgIpc) is 2.42. The summed E-state index contributed by atoms with van der Waals surface area (Å²) in [7, 11) is -2.22. The highest BCUT2D eigenvalue weighted by Crippen LogP contribution is 2.38. The summed E-state index contributed by atoms with van der Waals surface area (Å²) in [5.41, 5.74) is 0. The lowest BCUT2D eigenvalue weighted by Crippen LogP contribution is -2.17. The zero-order valence-corrected chi connectivity index (χ0v) is 5.98. The standard InChI is InChI=1S/C6HBF4O2/c8-2-1-3-6(5(10)4(2)9)13-7(11)12-3/h1H. The normalized spacial score (nSPS) is 13.7. The summed E-state index contributed by atoms with van der Waals surface area (Å²) < 4.78 is 58.3. The van der Waals surface area contributed by atoms with Crippen molar-refractivity contribution in [2.45, 2.75) is 0 Å². The molecule has 0 saturated carbocycles. The number of hydrogen-bond acceptors (Lipinski definition) is 2. The first-order valence-electron chi connectivity index (χ1n) is 3.24. The highest BCUT2D eigenvalue weighted by atomic mass is 19.2. The van der Waals surface area contributed by atoms with Gasteiger partial charge >= 0.3 is 7.40 Å². The second kappa shape index (κ2) is 2.55. The van der Waals surface area contributed by atoms with E-state index >= 15 is 0 Å². The highest BCUT2D eigenvalue weighted by Gasteiger charge is 2.38. The van der Waals surface area contributed by atoms with Gasteiger partial charge in [-0.25, -0.2) is 13.1 Å². The third-order valence-electron chi connectivity index (χ3n) is 1.51. The predicted octanol–water partition coefficient (Wildman–Crippen LogP) is 1.83. The van der Waals surface area contributed by atoms with E-state index in [4.69, 9.17) is 0 Å². The molecular formula is C6HBF4O2. The van der Waals surface area contributed by atoms with Crippen molar-refractivity contribution in [1.82, 2.24) is 0 Å². The van der Waals surface area contributed by atoms with Crippen LogP contribution in [0, 0.1) is 17.5 Å². The summed E-state index contributed by atoms with van der Waals surface area (Å²) in [6.07, 6.45) is 0. The molecule has 0 atom stereocenters. The van der Waals surface area contributed by atoms with E-state index < -0.39 is 36.3 Å². The minimum Gasteiger partial charge on any atom is -0.494 e. The molecule has 1 aliphatic heterocycles. The van der Waals surface area contributed by atoms with E-state index in [2.05, 4.69) is 9.31 Å². The molecule has 13 heavy (non-hydrogen) atoms. The highest BCUT2D eigenvalue weighted by molar-refractivity contribution is 6.39. The Morgan fingerprint density at radius 1 is 1.08 bits per heavy atom. The minimum absolute atomic E-state index is 0.482. The molecule has 7 heteroatoms. The maximum atomic E-state index is 12.8. The van der Waals surface area contributed by atoms with Gasteiger partial charge in [-0.3, -0.25) is 0 Å². The molecule has 2 rings (SSSR count). The monoisotopic (exact) mass is 192 g/mol. The van der Waals surface area contributed by atoms with E-state index in [1.807, 2.05) is 0 Å². The third-order valence-corrected chi connectivity index (χ3v) is 1.51. The summed E-state index contributed by atoms with van der Waals surface area (Å²) in [4.78, 5) is 0. The fourth-order valence-corrected chi connectivity index (χ4v) is 0.971. The zero-order valence-electron chi connectivity index (χ0n) is 5.98. The van der Waals surface area contributed by atoms with E-state index in [0.29, 0.717) is 6.07 Å². The number of rotatable bonds is 0. The number of benzene rings is 1. The van der Waals surface area contributed by atoms with Gasteiger partial charge in [-0.05, 0) is 0 Å². The Kier molecular flexibility index (Phi) is 1.61. The summed E-state index contributed by atoms with van der Waals surface area (Å²) in [5.74, 6) is -5.98. The Morgan fingerprint density at radius 3 is 2.46 bits per heavy atom. The predicted molar refractivity (Wildman–Crippen MR) is 34.4 cm³/mol. The van der Waals surface area contributed by atoms with Crippen LogP contribution in [0.3, 0.4) is 0 Å². The van der Waals surface area contributed by atoms with Gasteiger partial charge in [-0.1, -0.05) is 0 Å². The molecule has 0 fully saturated rings.